The van der Waals surface area contributed by atoms with Crippen LogP contribution < -0.4 is 4.74 Å². The molecule has 1 fully saturated rings. The van der Waals surface area contributed by atoms with Gasteiger partial charge in [-0.05, 0) is 61.5 Å². The van der Waals surface area contributed by atoms with Crippen molar-refractivity contribution in [1.82, 2.24) is 8.87 Å². The van der Waals surface area contributed by atoms with Crippen LogP contribution >= 0.6 is 0 Å². The number of piperidine rings is 1. The summed E-state index contributed by atoms with van der Waals surface area (Å²) in [6.07, 6.45) is 1.67. The first-order valence-corrected chi connectivity index (χ1v) is 11.2. The van der Waals surface area contributed by atoms with Crippen LogP contribution in [0, 0.1) is 0 Å². The number of aromatic nitrogens is 1. The lowest BCUT2D eigenvalue weighted by Gasteiger charge is -2.31. The molecule has 1 aromatic heterocycles. The van der Waals surface area contributed by atoms with Gasteiger partial charge in [-0.2, -0.15) is 4.31 Å². The molecular weight excluding hydrogens is 372 g/mol. The van der Waals surface area contributed by atoms with Gasteiger partial charge in [0.15, 0.2) is 0 Å². The summed E-state index contributed by atoms with van der Waals surface area (Å²) in [7, 11) is -1.37. The van der Waals surface area contributed by atoms with E-state index < -0.39 is 10.0 Å². The molecule has 0 radical (unpaired) electrons. The van der Waals surface area contributed by atoms with Crippen LogP contribution in [-0.4, -0.2) is 37.0 Å². The van der Waals surface area contributed by atoms with Gasteiger partial charge in [-0.1, -0.05) is 18.2 Å². The normalized spacial score (nSPS) is 16.5. The van der Waals surface area contributed by atoms with Gasteiger partial charge in [-0.15, -0.1) is 0 Å². The summed E-state index contributed by atoms with van der Waals surface area (Å²) in [4.78, 5) is 0.332. The molecule has 3 aromatic rings. The van der Waals surface area contributed by atoms with Gasteiger partial charge in [-0.25, -0.2) is 8.42 Å². The summed E-state index contributed by atoms with van der Waals surface area (Å²) >= 11 is 0. The van der Waals surface area contributed by atoms with Gasteiger partial charge in [0, 0.05) is 37.3 Å². The number of nitrogens with zero attached hydrogens (tertiary/aromatic N) is 2. The van der Waals surface area contributed by atoms with E-state index in [9.17, 15) is 8.42 Å². The lowest BCUT2D eigenvalue weighted by atomic mass is 9.94. The number of para-hydroxylation sites is 1. The van der Waals surface area contributed by atoms with Crippen molar-refractivity contribution in [3.8, 4) is 5.75 Å². The van der Waals surface area contributed by atoms with Crippen LogP contribution in [0.4, 0.5) is 0 Å². The van der Waals surface area contributed by atoms with Gasteiger partial charge in [0.05, 0.1) is 11.5 Å². The fourth-order valence-corrected chi connectivity index (χ4v) is 5.59. The maximum atomic E-state index is 13.0. The molecule has 1 aliphatic rings. The van der Waals surface area contributed by atoms with Gasteiger partial charge < -0.3 is 9.30 Å². The SMILES string of the molecule is CCOc1ccc(S(=O)(=O)N2CCC(c3cc4ccccc4n3C)CC2)cc1. The monoisotopic (exact) mass is 398 g/mol. The van der Waals surface area contributed by atoms with Crippen LogP contribution in [0.2, 0.25) is 0 Å². The van der Waals surface area contributed by atoms with E-state index in [-0.39, 0.29) is 0 Å². The van der Waals surface area contributed by atoms with Crippen molar-refractivity contribution >= 4 is 20.9 Å². The minimum absolute atomic E-state index is 0.332. The molecule has 0 unspecified atom stereocenters. The van der Waals surface area contributed by atoms with Crippen LogP contribution in [0.15, 0.2) is 59.5 Å². The number of rotatable bonds is 5. The van der Waals surface area contributed by atoms with E-state index in [1.165, 1.54) is 16.6 Å². The predicted octanol–water partition coefficient (Wildman–Crippen LogP) is 4.15. The van der Waals surface area contributed by atoms with Crippen molar-refractivity contribution < 1.29 is 13.2 Å². The molecule has 0 saturated carbocycles. The second-order valence-corrected chi connectivity index (χ2v) is 9.21. The zero-order chi connectivity index (χ0) is 19.7. The van der Waals surface area contributed by atoms with Crippen LogP contribution in [0.25, 0.3) is 10.9 Å². The standard InChI is InChI=1S/C22H26N2O3S/c1-3-27-19-8-10-20(11-9-19)28(25,26)24-14-12-17(13-15-24)22-16-18-6-4-5-7-21(18)23(22)2/h4-11,16-17H,3,12-15H2,1-2H3. The van der Waals surface area contributed by atoms with Crippen LogP contribution in [0.5, 0.6) is 5.75 Å². The van der Waals surface area contributed by atoms with Gasteiger partial charge in [0.25, 0.3) is 0 Å². The Labute approximate surface area is 166 Å². The maximum absolute atomic E-state index is 13.0. The van der Waals surface area contributed by atoms with Gasteiger partial charge in [0.1, 0.15) is 5.75 Å². The third kappa shape index (κ3) is 3.42. The van der Waals surface area contributed by atoms with Crippen LogP contribution in [0.3, 0.4) is 0 Å². The number of aryl methyl sites for hydroxylation is 1. The fraction of sp³-hybridized carbons (Fsp3) is 0.364. The van der Waals surface area contributed by atoms with E-state index in [1.807, 2.05) is 6.92 Å². The van der Waals surface area contributed by atoms with Crippen molar-refractivity contribution in [2.45, 2.75) is 30.6 Å². The number of benzene rings is 2. The van der Waals surface area contributed by atoms with E-state index in [4.69, 9.17) is 4.74 Å². The zero-order valence-corrected chi connectivity index (χ0v) is 17.2. The minimum atomic E-state index is -3.46. The van der Waals surface area contributed by atoms with E-state index in [2.05, 4.69) is 41.9 Å². The Balaban J connectivity index is 1.49. The molecule has 2 aromatic carbocycles. The molecule has 1 aliphatic heterocycles. The first-order chi connectivity index (χ1) is 13.5. The largest absolute Gasteiger partial charge is 0.494 e. The van der Waals surface area contributed by atoms with E-state index in [0.717, 1.165) is 12.8 Å². The van der Waals surface area contributed by atoms with E-state index >= 15 is 0 Å². The topological polar surface area (TPSA) is 51.5 Å². The Morgan fingerprint density at radius 1 is 1.04 bits per heavy atom. The fourth-order valence-electron chi connectivity index (χ4n) is 4.12. The van der Waals surface area contributed by atoms with Crippen molar-refractivity contribution in [1.29, 1.82) is 0 Å². The quantitative estimate of drug-likeness (QED) is 0.649. The lowest BCUT2D eigenvalue weighted by molar-refractivity contribution is 0.314. The Hall–Kier alpha value is -2.31. The molecule has 0 spiro atoms. The highest BCUT2D eigenvalue weighted by molar-refractivity contribution is 7.89. The lowest BCUT2D eigenvalue weighted by Crippen LogP contribution is -2.38. The van der Waals surface area contributed by atoms with Crippen molar-refractivity contribution in [3.63, 3.8) is 0 Å². The Morgan fingerprint density at radius 2 is 1.71 bits per heavy atom. The highest BCUT2D eigenvalue weighted by Gasteiger charge is 2.31. The molecule has 2 heterocycles. The zero-order valence-electron chi connectivity index (χ0n) is 16.3. The molecule has 0 amide bonds. The molecule has 0 N–H and O–H groups in total. The Bertz CT molecular complexity index is 1060. The first kappa shape index (κ1) is 19.0. The van der Waals surface area contributed by atoms with Crippen LogP contribution in [-0.2, 0) is 17.1 Å². The summed E-state index contributed by atoms with van der Waals surface area (Å²) in [6.45, 7) is 3.56. The molecule has 0 atom stereocenters. The number of sulfonamides is 1. The Morgan fingerprint density at radius 3 is 2.36 bits per heavy atom. The third-order valence-electron chi connectivity index (χ3n) is 5.63. The molecule has 28 heavy (non-hydrogen) atoms. The smallest absolute Gasteiger partial charge is 0.243 e. The summed E-state index contributed by atoms with van der Waals surface area (Å²) in [5.41, 5.74) is 2.52. The molecule has 0 aliphatic carbocycles. The van der Waals surface area contributed by atoms with Crippen molar-refractivity contribution in [3.05, 3.63) is 60.3 Å². The number of hydrogen-bond acceptors (Lipinski definition) is 3. The van der Waals surface area contributed by atoms with Gasteiger partial charge in [0.2, 0.25) is 10.0 Å². The summed E-state index contributed by atoms with van der Waals surface area (Å²) in [5, 5.41) is 1.24. The minimum Gasteiger partial charge on any atom is -0.494 e. The van der Waals surface area contributed by atoms with E-state index in [0.29, 0.717) is 36.3 Å². The van der Waals surface area contributed by atoms with Crippen molar-refractivity contribution in [2.24, 2.45) is 7.05 Å². The molecule has 0 bridgehead atoms. The second kappa shape index (κ2) is 7.60. The number of hydrogen-bond donors (Lipinski definition) is 0. The highest BCUT2D eigenvalue weighted by Crippen LogP contribution is 2.33. The highest BCUT2D eigenvalue weighted by atomic mass is 32.2. The van der Waals surface area contributed by atoms with Gasteiger partial charge in [-0.3, -0.25) is 0 Å². The first-order valence-electron chi connectivity index (χ1n) is 9.78. The summed E-state index contributed by atoms with van der Waals surface area (Å²) < 4.78 is 35.2. The second-order valence-electron chi connectivity index (χ2n) is 7.27. The van der Waals surface area contributed by atoms with Gasteiger partial charge >= 0.3 is 0 Å². The average molecular weight is 399 g/mol. The third-order valence-corrected chi connectivity index (χ3v) is 7.55. The molecule has 6 heteroatoms. The number of ether oxygens (including phenoxy) is 1. The number of fused-ring (bicyclic) bond motifs is 1. The maximum Gasteiger partial charge on any atom is 0.243 e. The molecule has 5 nitrogen and oxygen atoms in total. The molecule has 148 valence electrons. The molecule has 1 saturated heterocycles. The summed E-state index contributed by atoms with van der Waals surface area (Å²) in [6, 6.07) is 17.3. The summed E-state index contributed by atoms with van der Waals surface area (Å²) in [5.74, 6) is 1.07. The predicted molar refractivity (Wildman–Crippen MR) is 111 cm³/mol. The Kier molecular flexibility index (Phi) is 5.17. The molecular formula is C22H26N2O3S. The van der Waals surface area contributed by atoms with E-state index in [1.54, 1.807) is 28.6 Å². The van der Waals surface area contributed by atoms with Crippen molar-refractivity contribution in [2.75, 3.05) is 19.7 Å². The average Bonchev–Trinajstić information content (AvgIpc) is 3.06. The van der Waals surface area contributed by atoms with Crippen LogP contribution in [0.1, 0.15) is 31.4 Å². The molecule has 4 rings (SSSR count).